The zero-order valence-electron chi connectivity index (χ0n) is 28.1. The van der Waals surface area contributed by atoms with Gasteiger partial charge in [-0.25, -0.2) is 4.98 Å². The first-order chi connectivity index (χ1) is 21.2. The molecule has 1 saturated heterocycles. The number of hydrogen-bond acceptors (Lipinski definition) is 9. The molecule has 2 N–H and O–H groups in total. The zero-order valence-corrected chi connectivity index (χ0v) is 28.9. The van der Waals surface area contributed by atoms with Crippen molar-refractivity contribution in [1.82, 2.24) is 10.1 Å². The molecule has 0 unspecified atom stereocenters. The molecule has 1 fully saturated rings. The molecule has 250 valence electrons. The monoisotopic (exact) mass is 656 g/mol. The van der Waals surface area contributed by atoms with Crippen molar-refractivity contribution in [3.8, 4) is 5.75 Å². The van der Waals surface area contributed by atoms with Crippen LogP contribution in [0, 0.1) is 0 Å². The zero-order chi connectivity index (χ0) is 34.1. The molecule has 0 aliphatic carbocycles. The van der Waals surface area contributed by atoms with Crippen LogP contribution in [0.3, 0.4) is 0 Å². The van der Waals surface area contributed by atoms with Crippen molar-refractivity contribution >= 4 is 33.4 Å². The minimum atomic E-state index is -3.71. The largest absolute Gasteiger partial charge is 0.488 e. The summed E-state index contributed by atoms with van der Waals surface area (Å²) < 4.78 is 41.8. The Hall–Kier alpha value is -3.81. The van der Waals surface area contributed by atoms with Crippen LogP contribution < -0.4 is 15.4 Å². The van der Waals surface area contributed by atoms with E-state index < -0.39 is 21.2 Å². The van der Waals surface area contributed by atoms with Gasteiger partial charge in [-0.15, -0.1) is 0 Å². The lowest BCUT2D eigenvalue weighted by atomic mass is 9.77. The van der Waals surface area contributed by atoms with E-state index in [1.165, 1.54) is 6.20 Å². The maximum Gasteiger partial charge on any atom is 0.311 e. The number of hydrogen-bond donors (Lipinski definition) is 2. The van der Waals surface area contributed by atoms with Gasteiger partial charge in [0.2, 0.25) is 5.91 Å². The highest BCUT2D eigenvalue weighted by atomic mass is 32.2. The van der Waals surface area contributed by atoms with E-state index in [2.05, 4.69) is 20.8 Å². The molecule has 46 heavy (non-hydrogen) atoms. The third-order valence-electron chi connectivity index (χ3n) is 8.48. The molecule has 1 aliphatic rings. The first kappa shape index (κ1) is 35.1. The summed E-state index contributed by atoms with van der Waals surface area (Å²) in [5.74, 6) is 0.935. The third-order valence-corrected chi connectivity index (χ3v) is 9.01. The van der Waals surface area contributed by atoms with E-state index in [0.29, 0.717) is 42.4 Å². The molecule has 3 heterocycles. The third kappa shape index (κ3) is 7.94. The lowest BCUT2D eigenvalue weighted by Gasteiger charge is -2.58. The molecule has 13 heteroatoms. The van der Waals surface area contributed by atoms with Gasteiger partial charge in [-0.3, -0.25) is 9.59 Å². The van der Waals surface area contributed by atoms with Gasteiger partial charge in [-0.05, 0) is 64.4 Å². The number of quaternary nitrogens is 1. The number of nitrogens with one attached hydrogen (secondary N) is 2. The summed E-state index contributed by atoms with van der Waals surface area (Å²) in [6, 6.07) is 12.0. The normalized spacial score (nSPS) is 20.9. The van der Waals surface area contributed by atoms with Crippen LogP contribution in [0.1, 0.15) is 90.0 Å². The molecule has 12 nitrogen and oxygen atoms in total. The summed E-state index contributed by atoms with van der Waals surface area (Å²) in [7, 11) is -3.71. The van der Waals surface area contributed by atoms with Crippen LogP contribution >= 0.6 is 0 Å². The van der Waals surface area contributed by atoms with Crippen molar-refractivity contribution in [2.45, 2.75) is 97.2 Å². The Morgan fingerprint density at radius 3 is 2.15 bits per heavy atom. The molecular weight excluding hydrogens is 610 g/mol. The van der Waals surface area contributed by atoms with Gasteiger partial charge in [0.25, 0.3) is 5.91 Å². The molecule has 0 bridgehead atoms. The SMILES string of the molecule is CC[N+]1(OS(C)(=O)=O)C(C)(C)CC(Oc2ccc(C(=O)Nc3ccc(CC(=O)Nc4cc(C(C)(C)C)on4)cc3)nc2)CC1(C)C. The van der Waals surface area contributed by atoms with E-state index >= 15 is 0 Å². The number of piperidine rings is 1. The highest BCUT2D eigenvalue weighted by Gasteiger charge is 2.63. The number of anilines is 2. The Kier molecular flexibility index (Phi) is 9.73. The molecule has 0 spiro atoms. The van der Waals surface area contributed by atoms with E-state index in [4.69, 9.17) is 13.5 Å². The van der Waals surface area contributed by atoms with Gasteiger partial charge in [-0.2, -0.15) is 13.1 Å². The predicted molar refractivity (Wildman–Crippen MR) is 175 cm³/mol. The van der Waals surface area contributed by atoms with E-state index in [9.17, 15) is 18.0 Å². The van der Waals surface area contributed by atoms with Gasteiger partial charge in [0, 0.05) is 30.0 Å². The highest BCUT2D eigenvalue weighted by Crippen LogP contribution is 2.47. The molecule has 1 aromatic carbocycles. The lowest BCUT2D eigenvalue weighted by Crippen LogP contribution is -2.75. The van der Waals surface area contributed by atoms with Crippen LogP contribution in [-0.4, -0.2) is 65.0 Å². The predicted octanol–water partition coefficient (Wildman–Crippen LogP) is 5.63. The Morgan fingerprint density at radius 1 is 1.02 bits per heavy atom. The summed E-state index contributed by atoms with van der Waals surface area (Å²) >= 11 is 0. The van der Waals surface area contributed by atoms with Crippen molar-refractivity contribution in [1.29, 1.82) is 0 Å². The van der Waals surface area contributed by atoms with E-state index in [-0.39, 0.29) is 40.1 Å². The summed E-state index contributed by atoms with van der Waals surface area (Å²) in [6.45, 7) is 16.4. The van der Waals surface area contributed by atoms with Crippen molar-refractivity contribution in [3.63, 3.8) is 0 Å². The summed E-state index contributed by atoms with van der Waals surface area (Å²) in [6.07, 6.45) is 3.62. The van der Waals surface area contributed by atoms with Crippen LogP contribution in [0.4, 0.5) is 11.5 Å². The fraction of sp³-hybridized carbons (Fsp3) is 0.515. The summed E-state index contributed by atoms with van der Waals surface area (Å²) in [5, 5.41) is 9.48. The Labute approximate surface area is 271 Å². The number of hydroxylamine groups is 3. The molecule has 2 aromatic heterocycles. The number of likely N-dealkylation sites (tertiary alicyclic amines) is 1. The van der Waals surface area contributed by atoms with Crippen molar-refractivity contribution in [3.05, 3.63) is 65.7 Å². The second-order valence-electron chi connectivity index (χ2n) is 14.2. The quantitative estimate of drug-likeness (QED) is 0.265. The topological polar surface area (TPSA) is 150 Å². The van der Waals surface area contributed by atoms with Gasteiger partial charge >= 0.3 is 10.1 Å². The van der Waals surface area contributed by atoms with Gasteiger partial charge < -0.3 is 19.9 Å². The van der Waals surface area contributed by atoms with E-state index in [1.807, 2.05) is 55.4 Å². The number of benzene rings is 1. The molecule has 0 radical (unpaired) electrons. The van der Waals surface area contributed by atoms with E-state index in [0.717, 1.165) is 11.8 Å². The number of amides is 2. The van der Waals surface area contributed by atoms with Crippen LogP contribution in [0.25, 0.3) is 0 Å². The highest BCUT2D eigenvalue weighted by molar-refractivity contribution is 7.85. The second-order valence-corrected chi connectivity index (χ2v) is 15.7. The Morgan fingerprint density at radius 2 is 1.65 bits per heavy atom. The fourth-order valence-corrected chi connectivity index (χ4v) is 7.43. The van der Waals surface area contributed by atoms with E-state index in [1.54, 1.807) is 42.5 Å². The average Bonchev–Trinajstić information content (AvgIpc) is 3.40. The number of rotatable bonds is 10. The standard InChI is InChI=1S/C33H45N5O7S/c1-10-38(45-46(9,41)42)32(5,6)19-25(20-33(38,7)8)43-24-15-16-26(34-21-24)30(40)35-23-13-11-22(12-14-23)17-29(39)36-28-18-27(44-37-28)31(2,3)4/h11-16,18,21,25H,10,17,19-20H2,1-9H3,(H-,35,36,37,39,40)/p+1. The molecular formula is C33H46N5O7S+. The number of aromatic nitrogens is 2. The number of nitrogens with zero attached hydrogens (tertiary/aromatic N) is 3. The van der Waals surface area contributed by atoms with Crippen molar-refractivity contribution < 1.29 is 36.2 Å². The molecule has 3 aromatic rings. The number of carbonyl (C=O) groups is 2. The van der Waals surface area contributed by atoms with Crippen LogP contribution in [-0.2, 0) is 31.0 Å². The van der Waals surface area contributed by atoms with Crippen molar-refractivity contribution in [2.75, 3.05) is 23.4 Å². The maximum atomic E-state index is 12.9. The minimum absolute atomic E-state index is 0.0363. The first-order valence-corrected chi connectivity index (χ1v) is 17.1. The Balaban J connectivity index is 1.33. The molecule has 4 rings (SSSR count). The Bertz CT molecular complexity index is 1640. The molecule has 2 amide bonds. The summed E-state index contributed by atoms with van der Waals surface area (Å²) in [5.41, 5.74) is 0.192. The van der Waals surface area contributed by atoms with Crippen LogP contribution in [0.15, 0.2) is 53.2 Å². The van der Waals surface area contributed by atoms with Gasteiger partial charge in [-0.1, -0.05) is 42.3 Å². The van der Waals surface area contributed by atoms with Gasteiger partial charge in [0.15, 0.2) is 5.82 Å². The molecule has 1 aliphatic heterocycles. The smallest absolute Gasteiger partial charge is 0.311 e. The number of ether oxygens (including phenoxy) is 1. The molecule has 0 atom stereocenters. The maximum absolute atomic E-state index is 12.9. The summed E-state index contributed by atoms with van der Waals surface area (Å²) in [4.78, 5) is 29.7. The van der Waals surface area contributed by atoms with Gasteiger partial charge in [0.1, 0.15) is 40.9 Å². The van der Waals surface area contributed by atoms with Crippen molar-refractivity contribution in [2.24, 2.45) is 0 Å². The number of carbonyl (C=O) groups excluding carboxylic acids is 2. The minimum Gasteiger partial charge on any atom is -0.488 e. The van der Waals surface area contributed by atoms with Crippen LogP contribution in [0.2, 0.25) is 0 Å². The number of pyridine rings is 1. The first-order valence-electron chi connectivity index (χ1n) is 15.3. The second kappa shape index (κ2) is 12.8. The van der Waals surface area contributed by atoms with Gasteiger partial charge in [0.05, 0.1) is 18.9 Å². The fourth-order valence-electron chi connectivity index (χ4n) is 6.46. The van der Waals surface area contributed by atoms with Crippen LogP contribution in [0.5, 0.6) is 5.75 Å². The lowest BCUT2D eigenvalue weighted by molar-refractivity contribution is -1.15. The average molecular weight is 657 g/mol. The molecule has 0 saturated carbocycles.